The molecule has 1 aliphatic carbocycles. The van der Waals surface area contributed by atoms with Crippen LogP contribution >= 0.6 is 0 Å². The van der Waals surface area contributed by atoms with E-state index < -0.39 is 0 Å². The number of carbonyl (C=O) groups is 1. The van der Waals surface area contributed by atoms with E-state index in [1.54, 1.807) is 6.20 Å². The smallest absolute Gasteiger partial charge is 0.227 e. The molecular formula is C13H19N3O. The number of carbonyl (C=O) groups excluding carboxylic acids is 1. The van der Waals surface area contributed by atoms with Crippen LogP contribution in [-0.4, -0.2) is 17.9 Å². The van der Waals surface area contributed by atoms with Gasteiger partial charge < -0.3 is 10.6 Å². The molecule has 2 N–H and O–H groups in total. The van der Waals surface area contributed by atoms with Crippen LogP contribution in [0.4, 0.5) is 11.5 Å². The molecule has 17 heavy (non-hydrogen) atoms. The summed E-state index contributed by atoms with van der Waals surface area (Å²) in [7, 11) is 1.82. The zero-order valence-corrected chi connectivity index (χ0v) is 10.2. The third-order valence-electron chi connectivity index (χ3n) is 3.26. The van der Waals surface area contributed by atoms with Gasteiger partial charge in [0, 0.05) is 13.0 Å². The number of anilines is 2. The van der Waals surface area contributed by atoms with Crippen molar-refractivity contribution in [3.63, 3.8) is 0 Å². The van der Waals surface area contributed by atoms with Gasteiger partial charge in [0.2, 0.25) is 5.91 Å². The number of nitrogens with one attached hydrogen (secondary N) is 2. The highest BCUT2D eigenvalue weighted by atomic mass is 16.1. The lowest BCUT2D eigenvalue weighted by atomic mass is 9.88. The molecule has 1 aromatic rings. The van der Waals surface area contributed by atoms with Crippen LogP contribution in [0.1, 0.15) is 32.1 Å². The van der Waals surface area contributed by atoms with Crippen molar-refractivity contribution in [1.82, 2.24) is 4.98 Å². The molecule has 1 saturated carbocycles. The third kappa shape index (κ3) is 3.19. The van der Waals surface area contributed by atoms with Crippen molar-refractivity contribution in [3.05, 3.63) is 18.3 Å². The van der Waals surface area contributed by atoms with E-state index in [4.69, 9.17) is 0 Å². The first-order valence-corrected chi connectivity index (χ1v) is 6.24. The van der Waals surface area contributed by atoms with Crippen LogP contribution in [0.25, 0.3) is 0 Å². The fourth-order valence-electron chi connectivity index (χ4n) is 2.22. The third-order valence-corrected chi connectivity index (χ3v) is 3.26. The van der Waals surface area contributed by atoms with Gasteiger partial charge in [-0.2, -0.15) is 0 Å². The maximum Gasteiger partial charge on any atom is 0.227 e. The minimum absolute atomic E-state index is 0.142. The number of hydrogen-bond acceptors (Lipinski definition) is 3. The summed E-state index contributed by atoms with van der Waals surface area (Å²) in [6.07, 6.45) is 7.35. The van der Waals surface area contributed by atoms with Gasteiger partial charge in [-0.05, 0) is 25.0 Å². The van der Waals surface area contributed by atoms with Crippen molar-refractivity contribution in [3.8, 4) is 0 Å². The number of amides is 1. The lowest BCUT2D eigenvalue weighted by Gasteiger charge is -2.20. The van der Waals surface area contributed by atoms with E-state index in [-0.39, 0.29) is 11.8 Å². The minimum atomic E-state index is 0.142. The Labute approximate surface area is 102 Å². The molecule has 0 aromatic carbocycles. The Kier molecular flexibility index (Phi) is 3.96. The molecule has 1 aromatic heterocycles. The van der Waals surface area contributed by atoms with E-state index in [0.717, 1.165) is 24.3 Å². The Balaban J connectivity index is 1.92. The van der Waals surface area contributed by atoms with Gasteiger partial charge in [-0.15, -0.1) is 0 Å². The summed E-state index contributed by atoms with van der Waals surface area (Å²) in [4.78, 5) is 16.1. The Morgan fingerprint density at radius 3 is 2.65 bits per heavy atom. The summed E-state index contributed by atoms with van der Waals surface area (Å²) in [6.45, 7) is 0. The summed E-state index contributed by atoms with van der Waals surface area (Å²) in [5.41, 5.74) is 0.777. The SMILES string of the molecule is CNc1ccc(NC(=O)C2CCCCC2)cn1. The van der Waals surface area contributed by atoms with Crippen LogP contribution in [0.3, 0.4) is 0 Å². The summed E-state index contributed by atoms with van der Waals surface area (Å²) in [5.74, 6) is 1.14. The highest BCUT2D eigenvalue weighted by molar-refractivity contribution is 5.92. The van der Waals surface area contributed by atoms with Gasteiger partial charge in [-0.25, -0.2) is 4.98 Å². The first-order chi connectivity index (χ1) is 8.29. The summed E-state index contributed by atoms with van der Waals surface area (Å²) >= 11 is 0. The van der Waals surface area contributed by atoms with Crippen molar-refractivity contribution in [1.29, 1.82) is 0 Å². The molecule has 2 rings (SSSR count). The summed E-state index contributed by atoms with van der Waals surface area (Å²) < 4.78 is 0. The van der Waals surface area contributed by atoms with Crippen molar-refractivity contribution in [2.45, 2.75) is 32.1 Å². The fourth-order valence-corrected chi connectivity index (χ4v) is 2.22. The van der Waals surface area contributed by atoms with Crippen LogP contribution < -0.4 is 10.6 Å². The van der Waals surface area contributed by atoms with E-state index in [2.05, 4.69) is 15.6 Å². The van der Waals surface area contributed by atoms with Crippen LogP contribution in [0.15, 0.2) is 18.3 Å². The van der Waals surface area contributed by atoms with Crippen LogP contribution in [0.5, 0.6) is 0 Å². The van der Waals surface area contributed by atoms with E-state index in [1.807, 2.05) is 19.2 Å². The van der Waals surface area contributed by atoms with Gasteiger partial charge >= 0.3 is 0 Å². The molecule has 1 aliphatic rings. The van der Waals surface area contributed by atoms with Gasteiger partial charge in [-0.1, -0.05) is 19.3 Å². The summed E-state index contributed by atoms with van der Waals surface area (Å²) in [6, 6.07) is 3.73. The number of pyridine rings is 1. The fraction of sp³-hybridized carbons (Fsp3) is 0.538. The standard InChI is InChI=1S/C13H19N3O/c1-14-12-8-7-11(9-15-12)16-13(17)10-5-3-2-4-6-10/h7-10H,2-6H2,1H3,(H,14,15)(H,16,17). The molecule has 1 fully saturated rings. The molecule has 0 bridgehead atoms. The highest BCUT2D eigenvalue weighted by Crippen LogP contribution is 2.24. The molecule has 0 saturated heterocycles. The average Bonchev–Trinajstić information content (AvgIpc) is 2.40. The predicted molar refractivity (Wildman–Crippen MR) is 69.0 cm³/mol. The van der Waals surface area contributed by atoms with E-state index >= 15 is 0 Å². The predicted octanol–water partition coefficient (Wildman–Crippen LogP) is 2.64. The van der Waals surface area contributed by atoms with Crippen molar-refractivity contribution < 1.29 is 4.79 Å². The molecule has 0 atom stereocenters. The van der Waals surface area contributed by atoms with Gasteiger partial charge in [0.1, 0.15) is 5.82 Å². The van der Waals surface area contributed by atoms with E-state index in [0.29, 0.717) is 0 Å². The van der Waals surface area contributed by atoms with E-state index in [9.17, 15) is 4.79 Å². The molecule has 0 radical (unpaired) electrons. The van der Waals surface area contributed by atoms with Crippen molar-refractivity contribution in [2.75, 3.05) is 17.7 Å². The number of rotatable bonds is 3. The molecule has 1 heterocycles. The van der Waals surface area contributed by atoms with Crippen LogP contribution in [0.2, 0.25) is 0 Å². The second-order valence-electron chi connectivity index (χ2n) is 4.51. The molecular weight excluding hydrogens is 214 g/mol. The maximum absolute atomic E-state index is 12.0. The normalized spacial score (nSPS) is 16.5. The minimum Gasteiger partial charge on any atom is -0.373 e. The number of hydrogen-bond donors (Lipinski definition) is 2. The lowest BCUT2D eigenvalue weighted by molar-refractivity contribution is -0.120. The lowest BCUT2D eigenvalue weighted by Crippen LogP contribution is -2.24. The Morgan fingerprint density at radius 2 is 2.06 bits per heavy atom. The molecule has 4 heteroatoms. The van der Waals surface area contributed by atoms with Crippen molar-refractivity contribution in [2.24, 2.45) is 5.92 Å². The molecule has 1 amide bonds. The van der Waals surface area contributed by atoms with Gasteiger partial charge in [-0.3, -0.25) is 4.79 Å². The molecule has 92 valence electrons. The second kappa shape index (κ2) is 5.66. The van der Waals surface area contributed by atoms with Gasteiger partial charge in [0.15, 0.2) is 0 Å². The monoisotopic (exact) mass is 233 g/mol. The molecule has 4 nitrogen and oxygen atoms in total. The van der Waals surface area contributed by atoms with Gasteiger partial charge in [0.05, 0.1) is 11.9 Å². The van der Waals surface area contributed by atoms with Crippen LogP contribution in [-0.2, 0) is 4.79 Å². The van der Waals surface area contributed by atoms with Crippen molar-refractivity contribution >= 4 is 17.4 Å². The molecule has 0 spiro atoms. The Hall–Kier alpha value is -1.58. The second-order valence-corrected chi connectivity index (χ2v) is 4.51. The van der Waals surface area contributed by atoms with Gasteiger partial charge in [0.25, 0.3) is 0 Å². The Bertz CT molecular complexity index is 369. The Morgan fingerprint density at radius 1 is 1.29 bits per heavy atom. The average molecular weight is 233 g/mol. The zero-order valence-electron chi connectivity index (χ0n) is 10.2. The molecule has 0 unspecified atom stereocenters. The van der Waals surface area contributed by atoms with Crippen LogP contribution in [0, 0.1) is 5.92 Å². The largest absolute Gasteiger partial charge is 0.373 e. The first-order valence-electron chi connectivity index (χ1n) is 6.24. The highest BCUT2D eigenvalue weighted by Gasteiger charge is 2.20. The number of nitrogens with zero attached hydrogens (tertiary/aromatic N) is 1. The quantitative estimate of drug-likeness (QED) is 0.843. The number of aromatic nitrogens is 1. The first kappa shape index (κ1) is 11.9. The molecule has 0 aliphatic heterocycles. The summed E-state index contributed by atoms with van der Waals surface area (Å²) in [5, 5.41) is 5.88. The maximum atomic E-state index is 12.0. The van der Waals surface area contributed by atoms with E-state index in [1.165, 1.54) is 19.3 Å². The topological polar surface area (TPSA) is 54.0 Å². The zero-order chi connectivity index (χ0) is 12.1.